The average molecular weight is 320 g/mol. The number of esters is 2. The van der Waals surface area contributed by atoms with Crippen molar-refractivity contribution in [3.8, 4) is 0 Å². The highest BCUT2D eigenvalue weighted by Gasteiger charge is 2.46. The van der Waals surface area contributed by atoms with Crippen molar-refractivity contribution < 1.29 is 19.1 Å². The van der Waals surface area contributed by atoms with Crippen LogP contribution in [0.5, 0.6) is 0 Å². The molecule has 0 aliphatic heterocycles. The molecule has 4 bridgehead atoms. The summed E-state index contributed by atoms with van der Waals surface area (Å²) in [5.41, 5.74) is 2.12. The molecule has 0 heterocycles. The van der Waals surface area contributed by atoms with Crippen LogP contribution < -0.4 is 0 Å². The Kier molecular flexibility index (Phi) is 5.08. The summed E-state index contributed by atoms with van der Waals surface area (Å²) in [6.07, 6.45) is 7.04. The lowest BCUT2D eigenvalue weighted by Crippen LogP contribution is -2.41. The number of carbonyl (C=O) groups is 2. The van der Waals surface area contributed by atoms with Crippen molar-refractivity contribution >= 4 is 11.9 Å². The van der Waals surface area contributed by atoms with Crippen LogP contribution in [0.2, 0.25) is 0 Å². The van der Waals surface area contributed by atoms with Gasteiger partial charge in [-0.3, -0.25) is 4.79 Å². The molecule has 0 aromatic carbocycles. The number of hydrogen-bond donors (Lipinski definition) is 0. The fourth-order valence-corrected chi connectivity index (χ4v) is 5.23. The van der Waals surface area contributed by atoms with Crippen LogP contribution in [0, 0.1) is 23.7 Å². The summed E-state index contributed by atoms with van der Waals surface area (Å²) in [7, 11) is 0. The quantitative estimate of drug-likeness (QED) is 0.554. The van der Waals surface area contributed by atoms with Crippen molar-refractivity contribution in [2.24, 2.45) is 23.7 Å². The Balaban J connectivity index is 1.81. The van der Waals surface area contributed by atoms with E-state index in [9.17, 15) is 9.59 Å². The summed E-state index contributed by atoms with van der Waals surface area (Å²) >= 11 is 0. The monoisotopic (exact) mass is 320 g/mol. The molecule has 0 spiro atoms. The van der Waals surface area contributed by atoms with E-state index in [4.69, 9.17) is 9.47 Å². The van der Waals surface area contributed by atoms with Crippen LogP contribution >= 0.6 is 0 Å². The second kappa shape index (κ2) is 7.06. The van der Waals surface area contributed by atoms with Crippen LogP contribution in [-0.4, -0.2) is 25.2 Å². The van der Waals surface area contributed by atoms with Crippen molar-refractivity contribution in [3.63, 3.8) is 0 Å². The molecule has 4 aliphatic carbocycles. The number of carbonyl (C=O) groups excluding carboxylic acids is 2. The summed E-state index contributed by atoms with van der Waals surface area (Å²) in [6.45, 7) is 4.41. The molecule has 0 unspecified atom stereocenters. The van der Waals surface area contributed by atoms with Crippen molar-refractivity contribution in [1.29, 1.82) is 0 Å². The third-order valence-corrected chi connectivity index (χ3v) is 5.77. The zero-order valence-electron chi connectivity index (χ0n) is 14.3. The first-order valence-corrected chi connectivity index (χ1v) is 9.18. The molecule has 23 heavy (non-hydrogen) atoms. The van der Waals surface area contributed by atoms with Gasteiger partial charge in [-0.1, -0.05) is 5.57 Å². The van der Waals surface area contributed by atoms with Crippen molar-refractivity contribution in [2.45, 2.75) is 58.8 Å². The number of allylic oxidation sites excluding steroid dienone is 1. The summed E-state index contributed by atoms with van der Waals surface area (Å²) < 4.78 is 10.3. The lowest BCUT2D eigenvalue weighted by molar-refractivity contribution is -0.143. The summed E-state index contributed by atoms with van der Waals surface area (Å²) in [4.78, 5) is 24.2. The zero-order valence-corrected chi connectivity index (χ0v) is 14.3. The van der Waals surface area contributed by atoms with E-state index < -0.39 is 0 Å². The third kappa shape index (κ3) is 3.46. The molecule has 4 aliphatic rings. The first-order chi connectivity index (χ1) is 11.1. The van der Waals surface area contributed by atoms with Crippen molar-refractivity contribution in [2.75, 3.05) is 13.2 Å². The van der Waals surface area contributed by atoms with Gasteiger partial charge in [0, 0.05) is 12.0 Å². The molecule has 128 valence electrons. The Bertz CT molecular complexity index is 475. The molecule has 4 saturated carbocycles. The van der Waals surface area contributed by atoms with Crippen molar-refractivity contribution in [1.82, 2.24) is 0 Å². The fraction of sp³-hybridized carbons (Fsp3) is 0.789. The first kappa shape index (κ1) is 16.5. The Morgan fingerprint density at radius 3 is 1.96 bits per heavy atom. The molecule has 4 heteroatoms. The maximum Gasteiger partial charge on any atom is 0.333 e. The third-order valence-electron chi connectivity index (χ3n) is 5.77. The Labute approximate surface area is 138 Å². The van der Waals surface area contributed by atoms with Crippen LogP contribution in [0.15, 0.2) is 11.1 Å². The molecule has 0 aromatic heterocycles. The van der Waals surface area contributed by atoms with E-state index in [1.54, 1.807) is 6.92 Å². The van der Waals surface area contributed by atoms with Crippen LogP contribution in [0.4, 0.5) is 0 Å². The van der Waals surface area contributed by atoms with Gasteiger partial charge >= 0.3 is 11.9 Å². The van der Waals surface area contributed by atoms with Gasteiger partial charge in [-0.25, -0.2) is 4.79 Å². The Hall–Kier alpha value is -1.32. The van der Waals surface area contributed by atoms with Gasteiger partial charge in [0.25, 0.3) is 0 Å². The second-order valence-corrected chi connectivity index (χ2v) is 7.26. The number of ether oxygens (including phenoxy) is 2. The van der Waals surface area contributed by atoms with Crippen LogP contribution in [0.3, 0.4) is 0 Å². The van der Waals surface area contributed by atoms with Gasteiger partial charge in [0.05, 0.1) is 13.2 Å². The molecule has 4 nitrogen and oxygen atoms in total. The number of rotatable bonds is 6. The van der Waals surface area contributed by atoms with Gasteiger partial charge in [0.15, 0.2) is 0 Å². The van der Waals surface area contributed by atoms with Gasteiger partial charge in [0.2, 0.25) is 0 Å². The van der Waals surface area contributed by atoms with Gasteiger partial charge in [-0.05, 0) is 76.0 Å². The highest BCUT2D eigenvalue weighted by Crippen LogP contribution is 2.57. The molecule has 4 rings (SSSR count). The van der Waals surface area contributed by atoms with E-state index in [1.807, 2.05) is 6.92 Å². The standard InChI is InChI=1S/C19H28O4/c1-3-22-17(20)6-5-16(19(21)23-4-2)18-14-8-12-7-13(10-14)11-15(18)9-12/h12-15H,3-11H2,1-2H3. The van der Waals surface area contributed by atoms with Crippen LogP contribution in [-0.2, 0) is 19.1 Å². The second-order valence-electron chi connectivity index (χ2n) is 7.26. The predicted molar refractivity (Wildman–Crippen MR) is 86.6 cm³/mol. The van der Waals surface area contributed by atoms with E-state index in [-0.39, 0.29) is 18.4 Å². The van der Waals surface area contributed by atoms with Gasteiger partial charge in [0.1, 0.15) is 0 Å². The molecular formula is C19H28O4. The summed E-state index contributed by atoms with van der Waals surface area (Å²) in [5.74, 6) is 2.38. The molecule has 0 atom stereocenters. The summed E-state index contributed by atoms with van der Waals surface area (Å²) in [5, 5.41) is 0. The molecule has 0 amide bonds. The lowest BCUT2D eigenvalue weighted by atomic mass is 9.53. The number of hydrogen-bond acceptors (Lipinski definition) is 4. The van der Waals surface area contributed by atoms with Crippen molar-refractivity contribution in [3.05, 3.63) is 11.1 Å². The van der Waals surface area contributed by atoms with Crippen LogP contribution in [0.25, 0.3) is 0 Å². The predicted octanol–water partition coefficient (Wildman–Crippen LogP) is 3.65. The smallest absolute Gasteiger partial charge is 0.333 e. The molecule has 0 saturated heterocycles. The molecular weight excluding hydrogens is 292 g/mol. The summed E-state index contributed by atoms with van der Waals surface area (Å²) in [6, 6.07) is 0. The van der Waals surface area contributed by atoms with Gasteiger partial charge in [-0.2, -0.15) is 0 Å². The largest absolute Gasteiger partial charge is 0.466 e. The topological polar surface area (TPSA) is 52.6 Å². The van der Waals surface area contributed by atoms with E-state index in [2.05, 4.69) is 0 Å². The van der Waals surface area contributed by atoms with Crippen LogP contribution in [0.1, 0.15) is 58.8 Å². The van der Waals surface area contributed by atoms with E-state index in [1.165, 1.54) is 37.7 Å². The lowest BCUT2D eigenvalue weighted by Gasteiger charge is -2.52. The minimum atomic E-state index is -0.223. The van der Waals surface area contributed by atoms with E-state index >= 15 is 0 Å². The molecule has 0 N–H and O–H groups in total. The zero-order chi connectivity index (χ0) is 16.4. The minimum Gasteiger partial charge on any atom is -0.466 e. The maximum absolute atomic E-state index is 12.5. The highest BCUT2D eigenvalue weighted by atomic mass is 16.5. The Morgan fingerprint density at radius 2 is 1.43 bits per heavy atom. The first-order valence-electron chi connectivity index (χ1n) is 9.18. The molecule has 0 aromatic rings. The fourth-order valence-electron chi connectivity index (χ4n) is 5.23. The highest BCUT2D eigenvalue weighted by molar-refractivity contribution is 5.90. The SMILES string of the molecule is CCOC(=O)CCC(C(=O)OCC)=C1C2CC3CC(C2)CC1C3. The molecule has 4 fully saturated rings. The van der Waals surface area contributed by atoms with E-state index in [0.29, 0.717) is 31.5 Å². The van der Waals surface area contributed by atoms with Gasteiger partial charge < -0.3 is 9.47 Å². The molecule has 0 radical (unpaired) electrons. The average Bonchev–Trinajstić information content (AvgIpc) is 2.49. The minimum absolute atomic E-state index is 0.209. The Morgan fingerprint density at radius 1 is 0.870 bits per heavy atom. The normalized spacial score (nSPS) is 31.1. The van der Waals surface area contributed by atoms with Gasteiger partial charge in [-0.15, -0.1) is 0 Å². The maximum atomic E-state index is 12.5. The van der Waals surface area contributed by atoms with E-state index in [0.717, 1.165) is 17.4 Å².